The molecule has 0 spiro atoms. The summed E-state index contributed by atoms with van der Waals surface area (Å²) >= 11 is 0. The molecule has 0 aromatic heterocycles. The van der Waals surface area contributed by atoms with Crippen molar-refractivity contribution in [3.8, 4) is 0 Å². The monoisotopic (exact) mass is 346 g/mol. The topological polar surface area (TPSA) is 69.6 Å². The highest BCUT2D eigenvalue weighted by atomic mass is 16.4. The minimum absolute atomic E-state index is 0.0115. The van der Waals surface area contributed by atoms with Crippen molar-refractivity contribution in [3.63, 3.8) is 0 Å². The van der Waals surface area contributed by atoms with E-state index in [0.717, 1.165) is 19.3 Å². The number of rotatable bonds is 9. The Morgan fingerprint density at radius 2 is 1.80 bits per heavy atom. The summed E-state index contributed by atoms with van der Waals surface area (Å²) in [7, 11) is 0. The van der Waals surface area contributed by atoms with Crippen LogP contribution in [0.25, 0.3) is 0 Å². The number of nitrogens with zero attached hydrogens (tertiary/aromatic N) is 1. The van der Waals surface area contributed by atoms with Crippen molar-refractivity contribution in [1.29, 1.82) is 0 Å². The van der Waals surface area contributed by atoms with Gasteiger partial charge in [-0.05, 0) is 31.4 Å². The van der Waals surface area contributed by atoms with Gasteiger partial charge in [-0.2, -0.15) is 0 Å². The molecule has 1 fully saturated rings. The number of aliphatic carboxylic acids is 1. The second kappa shape index (κ2) is 9.56. The highest BCUT2D eigenvalue weighted by Gasteiger charge is 2.34. The van der Waals surface area contributed by atoms with Gasteiger partial charge in [0.05, 0.1) is 13.1 Å². The van der Waals surface area contributed by atoms with Crippen molar-refractivity contribution in [2.24, 2.45) is 0 Å². The van der Waals surface area contributed by atoms with Crippen LogP contribution >= 0.6 is 0 Å². The van der Waals surface area contributed by atoms with E-state index in [-0.39, 0.29) is 24.4 Å². The van der Waals surface area contributed by atoms with E-state index in [1.807, 2.05) is 13.0 Å². The number of hydrogen-bond acceptors (Lipinski definition) is 3. The maximum Gasteiger partial charge on any atom is 0.317 e. The van der Waals surface area contributed by atoms with Gasteiger partial charge >= 0.3 is 5.97 Å². The number of carbonyl (C=O) groups is 2. The maximum atomic E-state index is 12.4. The highest BCUT2D eigenvalue weighted by Crippen LogP contribution is 2.38. The van der Waals surface area contributed by atoms with Crippen molar-refractivity contribution in [2.45, 2.75) is 50.9 Å². The van der Waals surface area contributed by atoms with Crippen LogP contribution in [0, 0.1) is 0 Å². The average molecular weight is 346 g/mol. The summed E-state index contributed by atoms with van der Waals surface area (Å²) in [4.78, 5) is 25.0. The molecule has 0 aliphatic heterocycles. The Morgan fingerprint density at radius 3 is 2.40 bits per heavy atom. The highest BCUT2D eigenvalue weighted by molar-refractivity contribution is 5.79. The molecule has 1 saturated carbocycles. The Hall–Kier alpha value is -1.88. The Kier molecular flexibility index (Phi) is 7.44. The Labute approximate surface area is 150 Å². The van der Waals surface area contributed by atoms with Crippen molar-refractivity contribution < 1.29 is 14.7 Å². The van der Waals surface area contributed by atoms with E-state index in [1.165, 1.54) is 24.8 Å². The van der Waals surface area contributed by atoms with Crippen LogP contribution in [0.2, 0.25) is 0 Å². The minimum atomic E-state index is -0.894. The van der Waals surface area contributed by atoms with Crippen molar-refractivity contribution in [1.82, 2.24) is 10.2 Å². The van der Waals surface area contributed by atoms with Crippen LogP contribution in [0.3, 0.4) is 0 Å². The Bertz CT molecular complexity index is 553. The zero-order chi connectivity index (χ0) is 18.1. The number of carbonyl (C=O) groups excluding carboxylic acids is 1. The van der Waals surface area contributed by atoms with E-state index in [0.29, 0.717) is 13.1 Å². The smallest absolute Gasteiger partial charge is 0.317 e. The zero-order valence-electron chi connectivity index (χ0n) is 15.2. The van der Waals surface area contributed by atoms with Crippen molar-refractivity contribution in [2.75, 3.05) is 26.2 Å². The second-order valence-electron chi connectivity index (χ2n) is 7.09. The molecular formula is C20H30N2O3. The van der Waals surface area contributed by atoms with Gasteiger partial charge in [-0.25, -0.2) is 0 Å². The van der Waals surface area contributed by atoms with Crippen molar-refractivity contribution in [3.05, 3.63) is 35.9 Å². The van der Waals surface area contributed by atoms with Gasteiger partial charge in [0.2, 0.25) is 5.91 Å². The van der Waals surface area contributed by atoms with E-state index in [4.69, 9.17) is 5.11 Å². The predicted molar refractivity (Wildman–Crippen MR) is 98.6 cm³/mol. The first-order chi connectivity index (χ1) is 12.1. The molecule has 0 heterocycles. The summed E-state index contributed by atoms with van der Waals surface area (Å²) in [5, 5.41) is 12.1. The number of nitrogens with one attached hydrogen (secondary N) is 1. The van der Waals surface area contributed by atoms with Crippen LogP contribution in [0.15, 0.2) is 30.3 Å². The lowest BCUT2D eigenvalue weighted by molar-refractivity contribution is -0.138. The second-order valence-corrected chi connectivity index (χ2v) is 7.09. The van der Waals surface area contributed by atoms with E-state index in [2.05, 4.69) is 29.6 Å². The molecular weight excluding hydrogens is 316 g/mol. The molecule has 1 aliphatic carbocycles. The molecule has 0 bridgehead atoms. The number of carboxylic acids is 1. The molecule has 1 aromatic carbocycles. The van der Waals surface area contributed by atoms with Gasteiger partial charge in [0.25, 0.3) is 0 Å². The first-order valence-electron chi connectivity index (χ1n) is 9.32. The van der Waals surface area contributed by atoms with Crippen molar-refractivity contribution >= 4 is 11.9 Å². The standard InChI is InChI=1S/C20H30N2O3/c1-2-13-22(15-19(24)25)14-18(23)21-16-20(11-7-4-8-12-20)17-9-5-3-6-10-17/h3,5-6,9-10H,2,4,7-8,11-16H2,1H3,(H,21,23)(H,24,25). The summed E-state index contributed by atoms with van der Waals surface area (Å²) in [6.07, 6.45) is 6.63. The fraction of sp³-hybridized carbons (Fsp3) is 0.600. The lowest BCUT2D eigenvalue weighted by Crippen LogP contribution is -2.46. The maximum absolute atomic E-state index is 12.4. The Balaban J connectivity index is 1.98. The van der Waals surface area contributed by atoms with Crippen LogP contribution < -0.4 is 5.32 Å². The summed E-state index contributed by atoms with van der Waals surface area (Å²) in [5.74, 6) is -0.982. The van der Waals surface area contributed by atoms with E-state index < -0.39 is 5.97 Å². The Morgan fingerprint density at radius 1 is 1.12 bits per heavy atom. The summed E-state index contributed by atoms with van der Waals surface area (Å²) in [6.45, 7) is 3.28. The molecule has 138 valence electrons. The normalized spacial score (nSPS) is 16.6. The molecule has 1 aromatic rings. The summed E-state index contributed by atoms with van der Waals surface area (Å²) in [5.41, 5.74) is 1.31. The molecule has 25 heavy (non-hydrogen) atoms. The molecule has 5 heteroatoms. The van der Waals surface area contributed by atoms with Gasteiger partial charge in [0.1, 0.15) is 0 Å². The van der Waals surface area contributed by atoms with Crippen LogP contribution in [0.5, 0.6) is 0 Å². The van der Waals surface area contributed by atoms with Gasteiger partial charge in [-0.3, -0.25) is 14.5 Å². The number of carboxylic acid groups (broad SMARTS) is 1. The van der Waals surface area contributed by atoms with Gasteiger partial charge in [0.15, 0.2) is 0 Å². The largest absolute Gasteiger partial charge is 0.480 e. The average Bonchev–Trinajstić information content (AvgIpc) is 2.61. The molecule has 1 aliphatic rings. The van der Waals surface area contributed by atoms with Crippen LogP contribution in [0.4, 0.5) is 0 Å². The summed E-state index contributed by atoms with van der Waals surface area (Å²) in [6, 6.07) is 10.5. The summed E-state index contributed by atoms with van der Waals surface area (Å²) < 4.78 is 0. The number of hydrogen-bond donors (Lipinski definition) is 2. The fourth-order valence-electron chi connectivity index (χ4n) is 3.84. The molecule has 0 atom stereocenters. The van der Waals surface area contributed by atoms with Crippen LogP contribution in [-0.2, 0) is 15.0 Å². The number of amides is 1. The minimum Gasteiger partial charge on any atom is -0.480 e. The third-order valence-corrected chi connectivity index (χ3v) is 5.09. The van der Waals surface area contributed by atoms with E-state index >= 15 is 0 Å². The lowest BCUT2D eigenvalue weighted by atomic mass is 9.69. The quantitative estimate of drug-likeness (QED) is 0.721. The van der Waals surface area contributed by atoms with Gasteiger partial charge in [-0.15, -0.1) is 0 Å². The van der Waals surface area contributed by atoms with Gasteiger partial charge in [-0.1, -0.05) is 56.5 Å². The van der Waals surface area contributed by atoms with E-state index in [1.54, 1.807) is 4.90 Å². The third kappa shape index (κ3) is 5.85. The molecule has 2 rings (SSSR count). The van der Waals surface area contributed by atoms with Gasteiger partial charge < -0.3 is 10.4 Å². The molecule has 0 radical (unpaired) electrons. The van der Waals surface area contributed by atoms with Gasteiger partial charge in [0, 0.05) is 12.0 Å². The van der Waals surface area contributed by atoms with Crippen LogP contribution in [-0.4, -0.2) is 48.1 Å². The molecule has 0 unspecified atom stereocenters. The number of benzene rings is 1. The first-order valence-corrected chi connectivity index (χ1v) is 9.32. The first kappa shape index (κ1) is 19.4. The third-order valence-electron chi connectivity index (χ3n) is 5.09. The molecule has 1 amide bonds. The molecule has 5 nitrogen and oxygen atoms in total. The zero-order valence-corrected chi connectivity index (χ0v) is 15.2. The van der Waals surface area contributed by atoms with E-state index in [9.17, 15) is 9.59 Å². The lowest BCUT2D eigenvalue weighted by Gasteiger charge is -2.38. The molecule has 0 saturated heterocycles. The SMILES string of the molecule is CCCN(CC(=O)O)CC(=O)NCC1(c2ccccc2)CCCCC1. The fourth-order valence-corrected chi connectivity index (χ4v) is 3.84. The van der Waals surface area contributed by atoms with Crippen LogP contribution in [0.1, 0.15) is 51.0 Å². The molecule has 2 N–H and O–H groups in total. The predicted octanol–water partition coefficient (Wildman–Crippen LogP) is 2.80.